The van der Waals surface area contributed by atoms with Crippen molar-refractivity contribution >= 4 is 6.01 Å². The zero-order valence-electron chi connectivity index (χ0n) is 11.8. The van der Waals surface area contributed by atoms with Gasteiger partial charge in [-0.05, 0) is 23.5 Å². The fraction of sp³-hybridized carbons (Fsp3) is 0.500. The minimum atomic E-state index is 0.105. The Morgan fingerprint density at radius 1 is 1.32 bits per heavy atom. The van der Waals surface area contributed by atoms with Crippen LogP contribution in [-0.2, 0) is 0 Å². The first-order valence-corrected chi connectivity index (χ1v) is 6.41. The highest BCUT2D eigenvalue weighted by atomic mass is 16.4. The molecule has 0 aromatic carbocycles. The largest absolute Gasteiger partial charge is 0.408 e. The summed E-state index contributed by atoms with van der Waals surface area (Å²) in [5, 5.41) is 11.1. The summed E-state index contributed by atoms with van der Waals surface area (Å²) in [5.41, 5.74) is 1.30. The minimum absolute atomic E-state index is 0.105. The van der Waals surface area contributed by atoms with Gasteiger partial charge in [0.1, 0.15) is 0 Å². The maximum absolute atomic E-state index is 5.40. The molecule has 0 radical (unpaired) electrons. The molecule has 2 rings (SSSR count). The molecule has 0 spiro atoms. The second-order valence-corrected chi connectivity index (χ2v) is 5.87. The van der Waals surface area contributed by atoms with E-state index in [4.69, 9.17) is 4.42 Å². The number of aryl methyl sites for hydroxylation is 1. The number of hydrogen-bond acceptors (Lipinski definition) is 5. The average Bonchev–Trinajstić information content (AvgIpc) is 2.73. The summed E-state index contributed by atoms with van der Waals surface area (Å²) in [6.07, 6.45) is 4.58. The van der Waals surface area contributed by atoms with Crippen molar-refractivity contribution in [3.05, 3.63) is 36.0 Å². The van der Waals surface area contributed by atoms with Gasteiger partial charge >= 0.3 is 6.01 Å². The minimum Gasteiger partial charge on any atom is -0.408 e. The number of nitrogens with zero attached hydrogens (tertiary/aromatic N) is 3. The van der Waals surface area contributed by atoms with Crippen molar-refractivity contribution < 1.29 is 4.42 Å². The van der Waals surface area contributed by atoms with Gasteiger partial charge in [0, 0.05) is 19.3 Å². The molecule has 5 nitrogen and oxygen atoms in total. The first-order valence-electron chi connectivity index (χ1n) is 6.41. The number of anilines is 1. The number of nitrogens with one attached hydrogen (secondary N) is 1. The van der Waals surface area contributed by atoms with Gasteiger partial charge in [-0.2, -0.15) is 0 Å². The molecule has 0 aliphatic carbocycles. The van der Waals surface area contributed by atoms with Gasteiger partial charge in [-0.25, -0.2) is 0 Å². The summed E-state index contributed by atoms with van der Waals surface area (Å²) >= 11 is 0. The third kappa shape index (κ3) is 4.05. The Hall–Kier alpha value is -1.91. The molecule has 2 heterocycles. The lowest BCUT2D eigenvalue weighted by Gasteiger charge is -2.26. The van der Waals surface area contributed by atoms with Gasteiger partial charge < -0.3 is 9.73 Å². The quantitative estimate of drug-likeness (QED) is 0.913. The van der Waals surface area contributed by atoms with Crippen LogP contribution in [0, 0.1) is 12.3 Å². The fourth-order valence-corrected chi connectivity index (χ4v) is 1.95. The molecule has 1 unspecified atom stereocenters. The van der Waals surface area contributed by atoms with Gasteiger partial charge in [-0.1, -0.05) is 31.9 Å². The topological polar surface area (TPSA) is 63.8 Å². The van der Waals surface area contributed by atoms with Crippen molar-refractivity contribution in [2.45, 2.75) is 40.2 Å². The summed E-state index contributed by atoms with van der Waals surface area (Å²) < 4.78 is 5.40. The molecule has 102 valence electrons. The predicted octanol–water partition coefficient (Wildman–Crippen LogP) is 3.36. The van der Waals surface area contributed by atoms with Crippen molar-refractivity contribution in [3.63, 3.8) is 0 Å². The third-order valence-electron chi connectivity index (χ3n) is 2.73. The molecule has 0 aliphatic heterocycles. The van der Waals surface area contributed by atoms with Crippen LogP contribution in [0.15, 0.2) is 28.9 Å². The van der Waals surface area contributed by atoms with Gasteiger partial charge in [-0.15, -0.1) is 5.10 Å². The van der Waals surface area contributed by atoms with Crippen molar-refractivity contribution in [1.82, 2.24) is 15.2 Å². The van der Waals surface area contributed by atoms with Crippen LogP contribution in [-0.4, -0.2) is 15.2 Å². The second-order valence-electron chi connectivity index (χ2n) is 5.87. The third-order valence-corrected chi connectivity index (χ3v) is 2.73. The Balaban J connectivity index is 2.19. The van der Waals surface area contributed by atoms with E-state index in [1.165, 1.54) is 0 Å². The van der Waals surface area contributed by atoms with E-state index in [0.717, 1.165) is 12.0 Å². The molecule has 1 N–H and O–H groups in total. The molecule has 0 aliphatic rings. The molecule has 2 aromatic heterocycles. The van der Waals surface area contributed by atoms with Crippen LogP contribution in [0.1, 0.15) is 44.7 Å². The first-order chi connectivity index (χ1) is 8.94. The molecule has 0 saturated heterocycles. The fourth-order valence-electron chi connectivity index (χ4n) is 1.95. The summed E-state index contributed by atoms with van der Waals surface area (Å²) in [7, 11) is 0. The first kappa shape index (κ1) is 13.5. The Kier molecular flexibility index (Phi) is 3.83. The summed E-state index contributed by atoms with van der Waals surface area (Å²) in [6, 6.07) is 4.55. The highest BCUT2D eigenvalue weighted by Crippen LogP contribution is 2.31. The zero-order chi connectivity index (χ0) is 13.9. The summed E-state index contributed by atoms with van der Waals surface area (Å²) in [4.78, 5) is 4.18. The molecule has 1 atom stereocenters. The van der Waals surface area contributed by atoms with Crippen molar-refractivity contribution in [3.8, 4) is 0 Å². The molecule has 0 amide bonds. The normalized spacial score (nSPS) is 13.3. The van der Waals surface area contributed by atoms with E-state index in [2.05, 4.69) is 47.3 Å². The zero-order valence-corrected chi connectivity index (χ0v) is 11.8. The molecule has 19 heavy (non-hydrogen) atoms. The highest BCUT2D eigenvalue weighted by molar-refractivity contribution is 5.27. The SMILES string of the molecule is Cc1nnc(NC(CC(C)(C)C)c2cccnc2)o1. The molecule has 0 fully saturated rings. The number of rotatable bonds is 4. The smallest absolute Gasteiger partial charge is 0.315 e. The van der Waals surface area contributed by atoms with Crippen molar-refractivity contribution in [1.29, 1.82) is 0 Å². The van der Waals surface area contributed by atoms with Gasteiger partial charge in [0.05, 0.1) is 6.04 Å². The van der Waals surface area contributed by atoms with E-state index in [-0.39, 0.29) is 11.5 Å². The van der Waals surface area contributed by atoms with Gasteiger partial charge in [0.15, 0.2) is 0 Å². The number of aromatic nitrogens is 3. The van der Waals surface area contributed by atoms with E-state index in [0.29, 0.717) is 11.9 Å². The Morgan fingerprint density at radius 3 is 2.63 bits per heavy atom. The van der Waals surface area contributed by atoms with E-state index >= 15 is 0 Å². The maximum atomic E-state index is 5.40. The Morgan fingerprint density at radius 2 is 2.11 bits per heavy atom. The molecule has 5 heteroatoms. The summed E-state index contributed by atoms with van der Waals surface area (Å²) in [6.45, 7) is 8.40. The Labute approximate surface area is 113 Å². The van der Waals surface area contributed by atoms with E-state index in [1.54, 1.807) is 13.1 Å². The van der Waals surface area contributed by atoms with E-state index in [9.17, 15) is 0 Å². The predicted molar refractivity (Wildman–Crippen MR) is 73.7 cm³/mol. The summed E-state index contributed by atoms with van der Waals surface area (Å²) in [5.74, 6) is 0.559. The van der Waals surface area contributed by atoms with Crippen LogP contribution < -0.4 is 5.32 Å². The molecule has 0 saturated carbocycles. The molecule has 2 aromatic rings. The van der Waals surface area contributed by atoms with Crippen LogP contribution in [0.5, 0.6) is 0 Å². The van der Waals surface area contributed by atoms with Crippen LogP contribution in [0.3, 0.4) is 0 Å². The lowest BCUT2D eigenvalue weighted by Crippen LogP contribution is -2.19. The average molecular weight is 260 g/mol. The standard InChI is InChI=1S/C14H20N4O/c1-10-17-18-13(19-10)16-12(8-14(2,3)4)11-6-5-7-15-9-11/h5-7,9,12H,8H2,1-4H3,(H,16,18). The lowest BCUT2D eigenvalue weighted by atomic mass is 9.86. The van der Waals surface area contributed by atoms with Crippen molar-refractivity contribution in [2.24, 2.45) is 5.41 Å². The lowest BCUT2D eigenvalue weighted by molar-refractivity contribution is 0.348. The molecular weight excluding hydrogens is 240 g/mol. The van der Waals surface area contributed by atoms with Crippen LogP contribution >= 0.6 is 0 Å². The maximum Gasteiger partial charge on any atom is 0.315 e. The second kappa shape index (κ2) is 5.38. The van der Waals surface area contributed by atoms with Gasteiger partial charge in [0.2, 0.25) is 5.89 Å². The van der Waals surface area contributed by atoms with Crippen LogP contribution in [0.25, 0.3) is 0 Å². The molecular formula is C14H20N4O. The van der Waals surface area contributed by atoms with E-state index in [1.807, 2.05) is 12.3 Å². The van der Waals surface area contributed by atoms with Crippen LogP contribution in [0.4, 0.5) is 6.01 Å². The van der Waals surface area contributed by atoms with Gasteiger partial charge in [0.25, 0.3) is 0 Å². The number of pyridine rings is 1. The highest BCUT2D eigenvalue weighted by Gasteiger charge is 2.22. The molecule has 0 bridgehead atoms. The monoisotopic (exact) mass is 260 g/mol. The Bertz CT molecular complexity index is 516. The van der Waals surface area contributed by atoms with E-state index < -0.39 is 0 Å². The van der Waals surface area contributed by atoms with Crippen LogP contribution in [0.2, 0.25) is 0 Å². The van der Waals surface area contributed by atoms with Gasteiger partial charge in [-0.3, -0.25) is 4.98 Å². The number of hydrogen-bond donors (Lipinski definition) is 1. The van der Waals surface area contributed by atoms with Crippen molar-refractivity contribution in [2.75, 3.05) is 5.32 Å².